The minimum Gasteiger partial charge on any atom is -0.495 e. The summed E-state index contributed by atoms with van der Waals surface area (Å²) in [6, 6.07) is 15.2. The molecule has 0 aromatic heterocycles. The molecule has 0 amide bonds. The fourth-order valence-electron chi connectivity index (χ4n) is 2.21. The third-order valence-electron chi connectivity index (χ3n) is 3.53. The lowest BCUT2D eigenvalue weighted by Gasteiger charge is -2.27. The molecular weight excluding hydrogens is 314 g/mol. The van der Waals surface area contributed by atoms with Gasteiger partial charge in [-0.2, -0.15) is 0 Å². The Morgan fingerprint density at radius 2 is 1.70 bits per heavy atom. The molecule has 0 aliphatic rings. The van der Waals surface area contributed by atoms with Crippen LogP contribution in [0.1, 0.15) is 13.3 Å². The van der Waals surface area contributed by atoms with Crippen LogP contribution in [0, 0.1) is 0 Å². The van der Waals surface area contributed by atoms with Crippen LogP contribution in [0.25, 0.3) is 0 Å². The zero-order valence-electron chi connectivity index (χ0n) is 13.2. The minimum absolute atomic E-state index is 0.0130. The Bertz CT molecular complexity index is 731. The molecule has 0 aliphatic heterocycles. The van der Waals surface area contributed by atoms with Crippen LogP contribution >= 0.6 is 0 Å². The number of aliphatic hydroxyl groups is 1. The first-order valence-electron chi connectivity index (χ1n) is 7.39. The summed E-state index contributed by atoms with van der Waals surface area (Å²) in [5, 5.41) is 9.99. The summed E-state index contributed by atoms with van der Waals surface area (Å²) in [5.74, 6) is 0.277. The maximum Gasteiger partial charge on any atom is 0.268 e. The molecule has 6 heteroatoms. The van der Waals surface area contributed by atoms with Gasteiger partial charge in [-0.1, -0.05) is 37.3 Å². The van der Waals surface area contributed by atoms with E-state index in [0.717, 1.165) is 0 Å². The van der Waals surface area contributed by atoms with Crippen LogP contribution in [0.2, 0.25) is 0 Å². The van der Waals surface area contributed by atoms with Crippen LogP contribution in [-0.2, 0) is 10.0 Å². The Balaban J connectivity index is 2.53. The van der Waals surface area contributed by atoms with E-state index in [1.807, 2.05) is 13.0 Å². The second-order valence-electron chi connectivity index (χ2n) is 5.08. The highest BCUT2D eigenvalue weighted by molar-refractivity contribution is 7.93. The van der Waals surface area contributed by atoms with E-state index in [1.165, 1.54) is 17.5 Å². The second kappa shape index (κ2) is 7.48. The molecular formula is C17H21NO4S. The molecule has 0 radical (unpaired) electrons. The van der Waals surface area contributed by atoms with E-state index in [2.05, 4.69) is 0 Å². The van der Waals surface area contributed by atoms with Crippen LogP contribution in [0.5, 0.6) is 5.75 Å². The number of para-hydroxylation sites is 2. The van der Waals surface area contributed by atoms with Crippen molar-refractivity contribution in [3.63, 3.8) is 0 Å². The average Bonchev–Trinajstić information content (AvgIpc) is 2.59. The molecule has 2 rings (SSSR count). The summed E-state index contributed by atoms with van der Waals surface area (Å²) in [5.41, 5.74) is 0.505. The van der Waals surface area contributed by atoms with Crippen molar-refractivity contribution in [3.05, 3.63) is 54.6 Å². The summed E-state index contributed by atoms with van der Waals surface area (Å²) in [6.07, 6.45) is -0.287. The largest absolute Gasteiger partial charge is 0.495 e. The highest BCUT2D eigenvalue weighted by atomic mass is 32.2. The fourth-order valence-corrected chi connectivity index (χ4v) is 3.87. The van der Waals surface area contributed by atoms with Crippen LogP contribution in [0.4, 0.5) is 5.69 Å². The van der Waals surface area contributed by atoms with Gasteiger partial charge in [0.2, 0.25) is 0 Å². The molecule has 0 fully saturated rings. The number of anilines is 1. The fraction of sp³-hybridized carbons (Fsp3) is 0.294. The molecule has 0 spiro atoms. The quantitative estimate of drug-likeness (QED) is 0.845. The maximum absolute atomic E-state index is 13.1. The van der Waals surface area contributed by atoms with Crippen LogP contribution in [0.15, 0.2) is 59.5 Å². The Kier molecular flexibility index (Phi) is 5.63. The zero-order chi connectivity index (χ0) is 16.9. The predicted molar refractivity (Wildman–Crippen MR) is 90.3 cm³/mol. The Morgan fingerprint density at radius 1 is 1.09 bits per heavy atom. The van der Waals surface area contributed by atoms with Crippen LogP contribution in [0.3, 0.4) is 0 Å². The monoisotopic (exact) mass is 335 g/mol. The number of ether oxygens (including phenoxy) is 1. The van der Waals surface area contributed by atoms with Crippen LogP contribution in [-0.4, -0.2) is 33.3 Å². The first-order valence-corrected chi connectivity index (χ1v) is 8.83. The Hall–Kier alpha value is -2.05. The van der Waals surface area contributed by atoms with Gasteiger partial charge in [0.15, 0.2) is 0 Å². The zero-order valence-corrected chi connectivity index (χ0v) is 14.0. The van der Waals surface area contributed by atoms with Gasteiger partial charge in [0.05, 0.1) is 25.4 Å². The molecule has 1 N–H and O–H groups in total. The predicted octanol–water partition coefficient (Wildman–Crippen LogP) is 2.66. The standard InChI is InChI=1S/C17H21NO4S/c1-3-15(19)13-18(14-9-5-4-6-10-14)23(20,21)17-12-8-7-11-16(17)22-2/h4-12,15,19H,3,13H2,1-2H3/t15-/m0/s1. The Labute approximate surface area is 137 Å². The average molecular weight is 335 g/mol. The molecule has 124 valence electrons. The van der Waals surface area contributed by atoms with Crippen molar-refractivity contribution in [2.24, 2.45) is 0 Å². The third kappa shape index (κ3) is 3.83. The van der Waals surface area contributed by atoms with Crippen molar-refractivity contribution in [1.82, 2.24) is 0 Å². The van der Waals surface area contributed by atoms with Gasteiger partial charge in [-0.05, 0) is 30.7 Å². The van der Waals surface area contributed by atoms with E-state index in [9.17, 15) is 13.5 Å². The molecule has 0 unspecified atom stereocenters. The first kappa shape index (κ1) is 17.3. The van der Waals surface area contributed by atoms with E-state index < -0.39 is 16.1 Å². The minimum atomic E-state index is -3.85. The van der Waals surface area contributed by atoms with Gasteiger partial charge in [0.1, 0.15) is 10.6 Å². The number of hydrogen-bond donors (Lipinski definition) is 1. The molecule has 1 atom stereocenters. The number of nitrogens with zero attached hydrogens (tertiary/aromatic N) is 1. The van der Waals surface area contributed by atoms with Crippen molar-refractivity contribution in [1.29, 1.82) is 0 Å². The molecule has 0 bridgehead atoms. The second-order valence-corrected chi connectivity index (χ2v) is 6.92. The van der Waals surface area contributed by atoms with E-state index in [4.69, 9.17) is 4.74 Å². The lowest BCUT2D eigenvalue weighted by atomic mass is 10.2. The van der Waals surface area contributed by atoms with Gasteiger partial charge in [0.25, 0.3) is 10.0 Å². The molecule has 0 heterocycles. The summed E-state index contributed by atoms with van der Waals surface area (Å²) < 4.78 is 32.6. The van der Waals surface area contributed by atoms with E-state index >= 15 is 0 Å². The van der Waals surface area contributed by atoms with Crippen LogP contribution < -0.4 is 9.04 Å². The van der Waals surface area contributed by atoms with Crippen molar-refractivity contribution in [3.8, 4) is 5.75 Å². The molecule has 2 aromatic rings. The molecule has 23 heavy (non-hydrogen) atoms. The van der Waals surface area contributed by atoms with Gasteiger partial charge in [0, 0.05) is 0 Å². The van der Waals surface area contributed by atoms with Gasteiger partial charge in [-0.25, -0.2) is 8.42 Å². The molecule has 0 saturated heterocycles. The van der Waals surface area contributed by atoms with Gasteiger partial charge in [-0.3, -0.25) is 4.31 Å². The SMILES string of the molecule is CC[C@H](O)CN(c1ccccc1)S(=O)(=O)c1ccccc1OC. The number of aliphatic hydroxyl groups excluding tert-OH is 1. The summed E-state index contributed by atoms with van der Waals surface area (Å²) in [6.45, 7) is 1.80. The number of rotatable bonds is 7. The van der Waals surface area contributed by atoms with Crippen molar-refractivity contribution in [2.45, 2.75) is 24.3 Å². The molecule has 2 aromatic carbocycles. The normalized spacial score (nSPS) is 12.7. The van der Waals surface area contributed by atoms with E-state index in [0.29, 0.717) is 12.1 Å². The van der Waals surface area contributed by atoms with Gasteiger partial charge in [-0.15, -0.1) is 0 Å². The summed E-state index contributed by atoms with van der Waals surface area (Å²) >= 11 is 0. The van der Waals surface area contributed by atoms with E-state index in [-0.39, 0.29) is 17.2 Å². The Morgan fingerprint density at radius 3 is 2.30 bits per heavy atom. The highest BCUT2D eigenvalue weighted by Gasteiger charge is 2.29. The van der Waals surface area contributed by atoms with Gasteiger partial charge < -0.3 is 9.84 Å². The maximum atomic E-state index is 13.1. The molecule has 0 saturated carbocycles. The number of sulfonamides is 1. The number of methoxy groups -OCH3 is 1. The lowest BCUT2D eigenvalue weighted by Crippen LogP contribution is -2.37. The summed E-state index contributed by atoms with van der Waals surface area (Å²) in [7, 11) is -2.42. The van der Waals surface area contributed by atoms with Crippen molar-refractivity contribution < 1.29 is 18.3 Å². The number of benzene rings is 2. The van der Waals surface area contributed by atoms with Crippen molar-refractivity contribution >= 4 is 15.7 Å². The lowest BCUT2D eigenvalue weighted by molar-refractivity contribution is 0.179. The summed E-state index contributed by atoms with van der Waals surface area (Å²) in [4.78, 5) is 0.0784. The van der Waals surface area contributed by atoms with E-state index in [1.54, 1.807) is 42.5 Å². The third-order valence-corrected chi connectivity index (χ3v) is 5.36. The molecule has 0 aliphatic carbocycles. The molecule has 5 nitrogen and oxygen atoms in total. The smallest absolute Gasteiger partial charge is 0.268 e. The first-order chi connectivity index (χ1) is 11.0. The number of hydrogen-bond acceptors (Lipinski definition) is 4. The van der Waals surface area contributed by atoms with Gasteiger partial charge >= 0.3 is 0 Å². The topological polar surface area (TPSA) is 66.8 Å². The highest BCUT2D eigenvalue weighted by Crippen LogP contribution is 2.30. The van der Waals surface area contributed by atoms with Crippen molar-refractivity contribution in [2.75, 3.05) is 18.0 Å².